The molecule has 1 aromatic heterocycles. The van der Waals surface area contributed by atoms with Crippen molar-refractivity contribution in [2.24, 2.45) is 0 Å². The van der Waals surface area contributed by atoms with E-state index >= 15 is 0 Å². The summed E-state index contributed by atoms with van der Waals surface area (Å²) in [5.74, 6) is 0. The molecular weight excluding hydrogens is 264 g/mol. The van der Waals surface area contributed by atoms with Crippen molar-refractivity contribution in [2.75, 3.05) is 26.3 Å². The van der Waals surface area contributed by atoms with Crippen LogP contribution in [-0.4, -0.2) is 44.0 Å². The maximum Gasteiger partial charge on any atom is 0.243 e. The molecule has 1 saturated heterocycles. The average molecular weight is 277 g/mol. The fourth-order valence-corrected chi connectivity index (χ4v) is 3.54. The third-order valence-electron chi connectivity index (χ3n) is 2.61. The fourth-order valence-electron chi connectivity index (χ4n) is 1.69. The van der Waals surface area contributed by atoms with Gasteiger partial charge in [0.1, 0.15) is 5.15 Å². The molecule has 0 unspecified atom stereocenters. The second-order valence-electron chi connectivity index (χ2n) is 3.79. The maximum absolute atomic E-state index is 12.3. The molecule has 1 aliphatic heterocycles. The van der Waals surface area contributed by atoms with Crippen LogP contribution >= 0.6 is 11.6 Å². The minimum absolute atomic E-state index is 0.183. The molecule has 0 aliphatic carbocycles. The number of halogens is 1. The van der Waals surface area contributed by atoms with E-state index in [0.717, 1.165) is 0 Å². The van der Waals surface area contributed by atoms with E-state index in [0.29, 0.717) is 31.9 Å². The van der Waals surface area contributed by atoms with Crippen LogP contribution in [0.15, 0.2) is 17.2 Å². The van der Waals surface area contributed by atoms with Crippen molar-refractivity contribution < 1.29 is 13.2 Å². The van der Waals surface area contributed by atoms with E-state index in [-0.39, 0.29) is 10.0 Å². The summed E-state index contributed by atoms with van der Waals surface area (Å²) in [5.41, 5.74) is 0.598. The second kappa shape index (κ2) is 4.89. The monoisotopic (exact) mass is 276 g/mol. The fraction of sp³-hybridized carbons (Fsp3) is 0.500. The third kappa shape index (κ3) is 2.60. The maximum atomic E-state index is 12.3. The van der Waals surface area contributed by atoms with Crippen molar-refractivity contribution in [1.82, 2.24) is 9.29 Å². The van der Waals surface area contributed by atoms with Crippen molar-refractivity contribution in [3.8, 4) is 0 Å². The van der Waals surface area contributed by atoms with Gasteiger partial charge >= 0.3 is 0 Å². The second-order valence-corrected chi connectivity index (χ2v) is 6.08. The van der Waals surface area contributed by atoms with Crippen LogP contribution in [-0.2, 0) is 14.8 Å². The van der Waals surface area contributed by atoms with Crippen molar-refractivity contribution >= 4 is 21.6 Å². The normalized spacial score (nSPS) is 18.2. The Morgan fingerprint density at radius 3 is 2.71 bits per heavy atom. The Morgan fingerprint density at radius 1 is 1.41 bits per heavy atom. The van der Waals surface area contributed by atoms with E-state index in [1.165, 1.54) is 16.6 Å². The third-order valence-corrected chi connectivity index (χ3v) is 4.86. The summed E-state index contributed by atoms with van der Waals surface area (Å²) in [6, 6.07) is 1.39. The molecule has 0 amide bonds. The number of sulfonamides is 1. The summed E-state index contributed by atoms with van der Waals surface area (Å²) in [6.45, 7) is 3.31. The Hall–Kier alpha value is -0.690. The Bertz CT molecular complexity index is 512. The van der Waals surface area contributed by atoms with Crippen molar-refractivity contribution in [2.45, 2.75) is 11.8 Å². The first-order valence-corrected chi connectivity index (χ1v) is 7.03. The van der Waals surface area contributed by atoms with Crippen LogP contribution in [0.3, 0.4) is 0 Å². The summed E-state index contributed by atoms with van der Waals surface area (Å²) >= 11 is 5.74. The first-order valence-electron chi connectivity index (χ1n) is 5.22. The van der Waals surface area contributed by atoms with E-state index in [9.17, 15) is 8.42 Å². The van der Waals surface area contributed by atoms with Gasteiger partial charge in [-0.05, 0) is 18.6 Å². The van der Waals surface area contributed by atoms with Crippen LogP contribution < -0.4 is 0 Å². The van der Waals surface area contributed by atoms with Crippen LogP contribution in [0, 0.1) is 6.92 Å². The van der Waals surface area contributed by atoms with Gasteiger partial charge in [-0.3, -0.25) is 0 Å². The molecule has 1 aliphatic rings. The lowest BCUT2D eigenvalue weighted by Gasteiger charge is -2.26. The Labute approximate surface area is 105 Å². The molecule has 0 bridgehead atoms. The predicted octanol–water partition coefficient (Wildman–Crippen LogP) is 1.06. The molecule has 1 fully saturated rings. The number of aromatic nitrogens is 1. The summed E-state index contributed by atoms with van der Waals surface area (Å²) < 4.78 is 31.2. The van der Waals surface area contributed by atoms with E-state index in [1.807, 2.05) is 0 Å². The first kappa shape index (κ1) is 12.8. The highest BCUT2D eigenvalue weighted by atomic mass is 35.5. The van der Waals surface area contributed by atoms with Gasteiger partial charge in [-0.15, -0.1) is 0 Å². The first-order chi connectivity index (χ1) is 8.01. The zero-order chi connectivity index (χ0) is 12.5. The number of morpholine rings is 1. The summed E-state index contributed by atoms with van der Waals surface area (Å²) in [4.78, 5) is 4.08. The van der Waals surface area contributed by atoms with Crippen LogP contribution in [0.5, 0.6) is 0 Å². The molecular formula is C10H13ClN2O3S. The Kier molecular flexibility index (Phi) is 3.67. The summed E-state index contributed by atoms with van der Waals surface area (Å²) in [5, 5.41) is 0.183. The van der Waals surface area contributed by atoms with E-state index in [2.05, 4.69) is 4.98 Å². The van der Waals surface area contributed by atoms with Gasteiger partial charge in [0.15, 0.2) is 0 Å². The molecule has 0 saturated carbocycles. The highest BCUT2D eigenvalue weighted by Crippen LogP contribution is 2.22. The molecule has 2 heterocycles. The molecule has 94 valence electrons. The number of nitrogens with zero attached hydrogens (tertiary/aromatic N) is 2. The Balaban J connectivity index is 2.40. The van der Waals surface area contributed by atoms with Crippen LogP contribution in [0.2, 0.25) is 5.15 Å². The van der Waals surface area contributed by atoms with Gasteiger partial charge in [-0.1, -0.05) is 11.6 Å². The largest absolute Gasteiger partial charge is 0.379 e. The average Bonchev–Trinajstić information content (AvgIpc) is 2.33. The van der Waals surface area contributed by atoms with Gasteiger partial charge < -0.3 is 4.74 Å². The van der Waals surface area contributed by atoms with Gasteiger partial charge in [-0.25, -0.2) is 13.4 Å². The van der Waals surface area contributed by atoms with Gasteiger partial charge in [0.2, 0.25) is 10.0 Å². The zero-order valence-electron chi connectivity index (χ0n) is 9.39. The molecule has 0 N–H and O–H groups in total. The van der Waals surface area contributed by atoms with Gasteiger partial charge in [-0.2, -0.15) is 4.31 Å². The lowest BCUT2D eigenvalue weighted by atomic mass is 10.3. The lowest BCUT2D eigenvalue weighted by molar-refractivity contribution is 0.0730. The topological polar surface area (TPSA) is 59.5 Å². The minimum atomic E-state index is -3.49. The number of hydrogen-bond acceptors (Lipinski definition) is 4. The highest BCUT2D eigenvalue weighted by Gasteiger charge is 2.27. The molecule has 0 spiro atoms. The molecule has 7 heteroatoms. The molecule has 17 heavy (non-hydrogen) atoms. The smallest absolute Gasteiger partial charge is 0.243 e. The van der Waals surface area contributed by atoms with Gasteiger partial charge in [0.25, 0.3) is 0 Å². The molecule has 0 atom stereocenters. The van der Waals surface area contributed by atoms with Crippen molar-refractivity contribution in [1.29, 1.82) is 0 Å². The predicted molar refractivity (Wildman–Crippen MR) is 63.6 cm³/mol. The summed E-state index contributed by atoms with van der Waals surface area (Å²) in [7, 11) is -3.49. The SMILES string of the molecule is Cc1cnc(Cl)cc1S(=O)(=O)N1CCOCC1. The van der Waals surface area contributed by atoms with E-state index < -0.39 is 10.0 Å². The van der Waals surface area contributed by atoms with Crippen LogP contribution in [0.25, 0.3) is 0 Å². The molecule has 2 rings (SSSR count). The summed E-state index contributed by atoms with van der Waals surface area (Å²) in [6.07, 6.45) is 1.47. The number of pyridine rings is 1. The number of hydrogen-bond donors (Lipinski definition) is 0. The highest BCUT2D eigenvalue weighted by molar-refractivity contribution is 7.89. The number of aryl methyl sites for hydroxylation is 1. The van der Waals surface area contributed by atoms with Crippen molar-refractivity contribution in [3.63, 3.8) is 0 Å². The van der Waals surface area contributed by atoms with Gasteiger partial charge in [0, 0.05) is 19.3 Å². The van der Waals surface area contributed by atoms with Crippen LogP contribution in [0.1, 0.15) is 5.56 Å². The lowest BCUT2D eigenvalue weighted by Crippen LogP contribution is -2.40. The molecule has 0 aromatic carbocycles. The minimum Gasteiger partial charge on any atom is -0.379 e. The number of ether oxygens (including phenoxy) is 1. The molecule has 5 nitrogen and oxygen atoms in total. The van der Waals surface area contributed by atoms with Crippen molar-refractivity contribution in [3.05, 3.63) is 23.0 Å². The molecule has 1 aromatic rings. The number of rotatable bonds is 2. The standard InChI is InChI=1S/C10H13ClN2O3S/c1-8-7-12-10(11)6-9(8)17(14,15)13-2-4-16-5-3-13/h6-7H,2-5H2,1H3. The molecule has 0 radical (unpaired) electrons. The quantitative estimate of drug-likeness (QED) is 0.758. The zero-order valence-corrected chi connectivity index (χ0v) is 11.0. The van der Waals surface area contributed by atoms with Crippen LogP contribution in [0.4, 0.5) is 0 Å². The Morgan fingerprint density at radius 2 is 2.06 bits per heavy atom. The van der Waals surface area contributed by atoms with Gasteiger partial charge in [0.05, 0.1) is 18.1 Å². The van der Waals surface area contributed by atoms with E-state index in [1.54, 1.807) is 6.92 Å². The van der Waals surface area contributed by atoms with E-state index in [4.69, 9.17) is 16.3 Å².